The Morgan fingerprint density at radius 2 is 2.07 bits per heavy atom. The highest BCUT2D eigenvalue weighted by Gasteiger charge is 2.18. The zero-order valence-electron chi connectivity index (χ0n) is 8.73. The van der Waals surface area contributed by atoms with Crippen LogP contribution in [-0.2, 0) is 0 Å². The summed E-state index contributed by atoms with van der Waals surface area (Å²) in [5.74, 6) is 0. The second-order valence-electron chi connectivity index (χ2n) is 3.78. The molecule has 76 valence electrons. The van der Waals surface area contributed by atoms with Crippen molar-refractivity contribution in [1.82, 2.24) is 4.48 Å². The van der Waals surface area contributed by atoms with Crippen molar-refractivity contribution in [1.29, 1.82) is 0 Å². The summed E-state index contributed by atoms with van der Waals surface area (Å²) in [6, 6.07) is 6.78. The maximum Gasteiger partial charge on any atom is 0.275 e. The Hall–Kier alpha value is -1.42. The van der Waals surface area contributed by atoms with Gasteiger partial charge >= 0.3 is 0 Å². The SMILES string of the molecule is CC[N+](C)(C)c1cccc([N+](=O)[O-])c1. The molecule has 1 rings (SSSR count). The summed E-state index contributed by atoms with van der Waals surface area (Å²) in [5, 5.41) is 10.6. The molecule has 0 bridgehead atoms. The monoisotopic (exact) mass is 195 g/mol. The van der Waals surface area contributed by atoms with Crippen LogP contribution in [0.15, 0.2) is 24.3 Å². The van der Waals surface area contributed by atoms with Gasteiger partial charge < -0.3 is 0 Å². The molecule has 0 spiro atoms. The number of rotatable bonds is 3. The zero-order valence-corrected chi connectivity index (χ0v) is 8.73. The number of quaternary nitrogens is 1. The Kier molecular flexibility index (Phi) is 2.86. The molecule has 0 aliphatic rings. The van der Waals surface area contributed by atoms with Gasteiger partial charge in [-0.15, -0.1) is 0 Å². The molecule has 4 heteroatoms. The van der Waals surface area contributed by atoms with Gasteiger partial charge in [0, 0.05) is 6.07 Å². The van der Waals surface area contributed by atoms with E-state index in [1.807, 2.05) is 20.2 Å². The van der Waals surface area contributed by atoms with E-state index in [-0.39, 0.29) is 10.6 Å². The van der Waals surface area contributed by atoms with Crippen LogP contribution in [0.1, 0.15) is 6.92 Å². The summed E-state index contributed by atoms with van der Waals surface area (Å²) in [6.45, 7) is 2.96. The molecule has 0 saturated heterocycles. The van der Waals surface area contributed by atoms with Gasteiger partial charge in [-0.25, -0.2) is 0 Å². The molecular formula is C10H15N2O2+. The van der Waals surface area contributed by atoms with Crippen LogP contribution >= 0.6 is 0 Å². The van der Waals surface area contributed by atoms with E-state index in [9.17, 15) is 10.1 Å². The van der Waals surface area contributed by atoms with Crippen molar-refractivity contribution in [2.24, 2.45) is 0 Å². The lowest BCUT2D eigenvalue weighted by Gasteiger charge is -2.27. The molecule has 0 aliphatic heterocycles. The molecular weight excluding hydrogens is 180 g/mol. The molecule has 0 heterocycles. The van der Waals surface area contributed by atoms with Gasteiger partial charge in [0.05, 0.1) is 31.6 Å². The molecule has 1 aromatic carbocycles. The minimum absolute atomic E-state index is 0.155. The van der Waals surface area contributed by atoms with Crippen molar-refractivity contribution < 1.29 is 4.92 Å². The molecule has 0 unspecified atom stereocenters. The Bertz CT molecular complexity index is 348. The Balaban J connectivity index is 3.12. The highest BCUT2D eigenvalue weighted by atomic mass is 16.6. The standard InChI is InChI=1S/C10H15N2O2/c1-4-12(2,3)10-7-5-6-9(8-10)11(13)14/h5-8H,4H2,1-3H3/q+1. The van der Waals surface area contributed by atoms with Crippen LogP contribution in [0.2, 0.25) is 0 Å². The summed E-state index contributed by atoms with van der Waals surface area (Å²) < 4.78 is 0.654. The van der Waals surface area contributed by atoms with Crippen LogP contribution in [0.25, 0.3) is 0 Å². The number of nitro benzene ring substituents is 1. The van der Waals surface area contributed by atoms with Crippen molar-refractivity contribution in [3.8, 4) is 0 Å². The first-order valence-corrected chi connectivity index (χ1v) is 4.55. The van der Waals surface area contributed by atoms with Crippen LogP contribution < -0.4 is 4.48 Å². The quantitative estimate of drug-likeness (QED) is 0.421. The first kappa shape index (κ1) is 10.7. The Morgan fingerprint density at radius 3 is 2.57 bits per heavy atom. The maximum atomic E-state index is 10.6. The third-order valence-electron chi connectivity index (χ3n) is 2.53. The van der Waals surface area contributed by atoms with Crippen molar-refractivity contribution in [3.05, 3.63) is 34.4 Å². The normalized spacial score (nSPS) is 11.4. The van der Waals surface area contributed by atoms with E-state index in [0.717, 1.165) is 12.2 Å². The van der Waals surface area contributed by atoms with E-state index >= 15 is 0 Å². The predicted molar refractivity (Wildman–Crippen MR) is 57.3 cm³/mol. The number of nitro groups is 1. The predicted octanol–water partition coefficient (Wildman–Crippen LogP) is 2.18. The molecule has 0 radical (unpaired) electrons. The fourth-order valence-corrected chi connectivity index (χ4v) is 1.17. The van der Waals surface area contributed by atoms with E-state index in [4.69, 9.17) is 0 Å². The van der Waals surface area contributed by atoms with E-state index in [1.54, 1.807) is 12.1 Å². The minimum Gasteiger partial charge on any atom is -0.296 e. The van der Waals surface area contributed by atoms with Gasteiger partial charge in [0.15, 0.2) is 0 Å². The van der Waals surface area contributed by atoms with Crippen molar-refractivity contribution in [2.75, 3.05) is 20.6 Å². The third kappa shape index (κ3) is 2.09. The molecule has 14 heavy (non-hydrogen) atoms. The molecule has 0 atom stereocenters. The van der Waals surface area contributed by atoms with Gasteiger partial charge in [-0.3, -0.25) is 14.6 Å². The van der Waals surface area contributed by atoms with Crippen LogP contribution in [0.5, 0.6) is 0 Å². The average molecular weight is 195 g/mol. The molecule has 0 N–H and O–H groups in total. The summed E-state index contributed by atoms with van der Waals surface area (Å²) >= 11 is 0. The second-order valence-corrected chi connectivity index (χ2v) is 3.78. The minimum atomic E-state index is -0.362. The fraction of sp³-hybridized carbons (Fsp3) is 0.400. The van der Waals surface area contributed by atoms with Gasteiger partial charge in [0.25, 0.3) is 5.69 Å². The smallest absolute Gasteiger partial charge is 0.275 e. The van der Waals surface area contributed by atoms with Crippen LogP contribution in [-0.4, -0.2) is 25.6 Å². The largest absolute Gasteiger partial charge is 0.296 e. The molecule has 0 saturated carbocycles. The number of non-ortho nitro benzene ring substituents is 1. The van der Waals surface area contributed by atoms with Crippen molar-refractivity contribution in [2.45, 2.75) is 6.92 Å². The topological polar surface area (TPSA) is 43.1 Å². The summed E-state index contributed by atoms with van der Waals surface area (Å²) in [6.07, 6.45) is 0. The van der Waals surface area contributed by atoms with E-state index < -0.39 is 0 Å². The lowest BCUT2D eigenvalue weighted by Crippen LogP contribution is -2.39. The molecule has 0 aliphatic carbocycles. The maximum absolute atomic E-state index is 10.6. The van der Waals surface area contributed by atoms with Gasteiger partial charge in [0.2, 0.25) is 0 Å². The molecule has 0 amide bonds. The van der Waals surface area contributed by atoms with Crippen molar-refractivity contribution in [3.63, 3.8) is 0 Å². The second kappa shape index (κ2) is 3.75. The van der Waals surface area contributed by atoms with E-state index in [1.165, 1.54) is 6.07 Å². The van der Waals surface area contributed by atoms with Crippen LogP contribution in [0, 0.1) is 10.1 Å². The zero-order chi connectivity index (χ0) is 10.8. The van der Waals surface area contributed by atoms with Gasteiger partial charge in [-0.2, -0.15) is 0 Å². The number of hydrogen-bond donors (Lipinski definition) is 0. The van der Waals surface area contributed by atoms with Crippen molar-refractivity contribution >= 4 is 11.4 Å². The van der Waals surface area contributed by atoms with Gasteiger partial charge in [-0.05, 0) is 19.1 Å². The third-order valence-corrected chi connectivity index (χ3v) is 2.53. The fourth-order valence-electron chi connectivity index (χ4n) is 1.17. The number of nitrogens with zero attached hydrogens (tertiary/aromatic N) is 2. The summed E-state index contributed by atoms with van der Waals surface area (Å²) in [5.41, 5.74) is 1.11. The first-order chi connectivity index (χ1) is 6.47. The molecule has 0 aromatic heterocycles. The molecule has 1 aromatic rings. The Labute approximate surface area is 83.5 Å². The lowest BCUT2D eigenvalue weighted by molar-refractivity contribution is -0.384. The average Bonchev–Trinajstić information content (AvgIpc) is 2.18. The summed E-state index contributed by atoms with van der Waals surface area (Å²) in [7, 11) is 4.05. The number of benzene rings is 1. The highest BCUT2D eigenvalue weighted by molar-refractivity contribution is 5.49. The lowest BCUT2D eigenvalue weighted by atomic mass is 10.2. The number of hydrogen-bond acceptors (Lipinski definition) is 2. The first-order valence-electron chi connectivity index (χ1n) is 4.55. The van der Waals surface area contributed by atoms with Gasteiger partial charge in [-0.1, -0.05) is 0 Å². The molecule has 0 fully saturated rings. The van der Waals surface area contributed by atoms with E-state index in [2.05, 4.69) is 6.92 Å². The Morgan fingerprint density at radius 1 is 1.43 bits per heavy atom. The molecule has 4 nitrogen and oxygen atoms in total. The van der Waals surface area contributed by atoms with E-state index in [0.29, 0.717) is 4.48 Å². The summed E-state index contributed by atoms with van der Waals surface area (Å²) in [4.78, 5) is 10.2. The highest BCUT2D eigenvalue weighted by Crippen LogP contribution is 2.23. The van der Waals surface area contributed by atoms with Crippen LogP contribution in [0.3, 0.4) is 0 Å². The van der Waals surface area contributed by atoms with Gasteiger partial charge in [0.1, 0.15) is 5.69 Å². The van der Waals surface area contributed by atoms with Crippen LogP contribution in [0.4, 0.5) is 11.4 Å².